The van der Waals surface area contributed by atoms with Gasteiger partial charge in [0.05, 0.1) is 19.3 Å². The van der Waals surface area contributed by atoms with Crippen LogP contribution >= 0.6 is 11.8 Å². The van der Waals surface area contributed by atoms with Crippen LogP contribution in [0.5, 0.6) is 5.75 Å². The largest absolute Gasteiger partial charge is 0.497 e. The number of aliphatic hydroxyl groups excluding tert-OH is 2. The molecule has 0 bridgehead atoms. The van der Waals surface area contributed by atoms with Crippen molar-refractivity contribution in [2.45, 2.75) is 49.4 Å². The van der Waals surface area contributed by atoms with Gasteiger partial charge in [0.25, 0.3) is 0 Å². The summed E-state index contributed by atoms with van der Waals surface area (Å²) < 4.78 is 23.5. The number of thioether (sulfide) groups is 1. The fourth-order valence-electron chi connectivity index (χ4n) is 2.77. The highest BCUT2D eigenvalue weighted by atomic mass is 32.2. The molecule has 1 saturated heterocycles. The van der Waals surface area contributed by atoms with Crippen LogP contribution < -0.4 is 10.3 Å². The number of aliphatic imine (C=N–C) groups is 1. The number of rotatable bonds is 6. The van der Waals surface area contributed by atoms with Crippen LogP contribution in [0.2, 0.25) is 0 Å². The Bertz CT molecular complexity index is 558. The van der Waals surface area contributed by atoms with Crippen molar-refractivity contribution in [3.05, 3.63) is 29.8 Å². The van der Waals surface area contributed by atoms with Gasteiger partial charge in [-0.3, -0.25) is 4.99 Å². The molecule has 0 amide bonds. The number of halogens is 1. The van der Waals surface area contributed by atoms with Crippen molar-refractivity contribution in [3.63, 3.8) is 0 Å². The Morgan fingerprint density at radius 1 is 1.40 bits per heavy atom. The maximum atomic E-state index is 12.6. The third-order valence-corrected chi connectivity index (χ3v) is 5.23. The first-order chi connectivity index (χ1) is 12.1. The lowest BCUT2D eigenvalue weighted by molar-refractivity contribution is -0.146. The second-order valence-corrected chi connectivity index (χ2v) is 7.03. The third kappa shape index (κ3) is 5.85. The Morgan fingerprint density at radius 2 is 2.12 bits per heavy atom. The predicted octanol–water partition coefficient (Wildman–Crippen LogP) is 2.05. The monoisotopic (exact) mass is 372 g/mol. The fourth-order valence-corrected chi connectivity index (χ4v) is 3.66. The molecule has 0 saturated carbocycles. The molecule has 0 aliphatic carbocycles. The summed E-state index contributed by atoms with van der Waals surface area (Å²) in [6.07, 6.45) is 0.136. The minimum absolute atomic E-state index is 0.0885. The number of methoxy groups -OCH3 is 1. The highest BCUT2D eigenvalue weighted by Crippen LogP contribution is 2.30. The van der Waals surface area contributed by atoms with Gasteiger partial charge in [0.2, 0.25) is 0 Å². The topological polar surface area (TPSA) is 83.3 Å². The van der Waals surface area contributed by atoms with Crippen molar-refractivity contribution >= 4 is 16.9 Å². The maximum absolute atomic E-state index is 12.6. The molecular formula is C17H25FN2O4S. The molecule has 8 heteroatoms. The van der Waals surface area contributed by atoms with Crippen molar-refractivity contribution in [3.8, 4) is 5.75 Å². The van der Waals surface area contributed by atoms with Crippen LogP contribution in [-0.4, -0.2) is 53.3 Å². The molecule has 4 atom stereocenters. The average Bonchev–Trinajstić information content (AvgIpc) is 2.64. The lowest BCUT2D eigenvalue weighted by Gasteiger charge is -2.36. The van der Waals surface area contributed by atoms with Gasteiger partial charge in [-0.2, -0.15) is 0 Å². The molecule has 1 aromatic carbocycles. The molecular weight excluding hydrogens is 347 g/mol. The number of aryl methyl sites for hydroxylation is 1. The van der Waals surface area contributed by atoms with Crippen LogP contribution in [0.25, 0.3) is 0 Å². The molecule has 6 nitrogen and oxygen atoms in total. The molecule has 25 heavy (non-hydrogen) atoms. The number of benzene rings is 1. The normalized spacial score (nSPS) is 27.2. The van der Waals surface area contributed by atoms with Crippen molar-refractivity contribution in [1.82, 2.24) is 5.54 Å². The number of nitrogens with zero attached hydrogens (tertiary/aromatic N) is 1. The van der Waals surface area contributed by atoms with E-state index in [-0.39, 0.29) is 11.6 Å². The first-order valence-electron chi connectivity index (χ1n) is 8.22. The van der Waals surface area contributed by atoms with Gasteiger partial charge >= 0.3 is 0 Å². The minimum Gasteiger partial charge on any atom is -0.497 e. The smallest absolute Gasteiger partial charge is 0.187 e. The van der Waals surface area contributed by atoms with E-state index >= 15 is 0 Å². The molecule has 1 fully saturated rings. The fraction of sp³-hybridized carbons (Fsp3) is 0.588. The first kappa shape index (κ1) is 20.0. The van der Waals surface area contributed by atoms with E-state index in [2.05, 4.69) is 4.99 Å². The zero-order chi connectivity index (χ0) is 18.2. The van der Waals surface area contributed by atoms with E-state index in [1.54, 1.807) is 7.11 Å². The number of aliphatic hydroxyl groups is 2. The van der Waals surface area contributed by atoms with Crippen molar-refractivity contribution in [1.29, 1.82) is 0 Å². The molecule has 1 aromatic rings. The molecule has 1 aliphatic rings. The summed E-state index contributed by atoms with van der Waals surface area (Å²) in [5, 5.41) is 20.3. The van der Waals surface area contributed by atoms with Gasteiger partial charge in [-0.05, 0) is 37.0 Å². The molecule has 3 N–H and O–H groups in total. The standard InChI is InChI=1S/C17H25FN2O4S/c1-19-17(20-18)25-15-10-13(21)16(22)14(24-15)5-3-4-11-6-8-12(23-2)9-7-11/h6-9,13-16,21-22H,3-5,10H2,1-2H3,(H,19,20)/t13?,14?,15-,16+/m1/s1. The molecule has 1 aliphatic heterocycles. The molecule has 0 spiro atoms. The van der Waals surface area contributed by atoms with Crippen LogP contribution in [0.3, 0.4) is 0 Å². The summed E-state index contributed by atoms with van der Waals surface area (Å²) in [6.45, 7) is 0. The Balaban J connectivity index is 1.85. The van der Waals surface area contributed by atoms with Crippen molar-refractivity contribution < 1.29 is 24.2 Å². The van der Waals surface area contributed by atoms with Crippen LogP contribution in [-0.2, 0) is 11.2 Å². The SMILES string of the molecule is CN=C(NF)S[C@@H]1CC(O)[C@H](O)C(CCCc2ccc(OC)cc2)O1. The number of hydrogen-bond donors (Lipinski definition) is 3. The summed E-state index contributed by atoms with van der Waals surface area (Å²) in [7, 11) is 3.10. The quantitative estimate of drug-likeness (QED) is 0.403. The Labute approximate surface area is 151 Å². The third-order valence-electron chi connectivity index (χ3n) is 4.18. The van der Waals surface area contributed by atoms with Crippen LogP contribution in [0, 0.1) is 0 Å². The van der Waals surface area contributed by atoms with Gasteiger partial charge in [0.1, 0.15) is 17.3 Å². The lowest BCUT2D eigenvalue weighted by Crippen LogP contribution is -2.47. The van der Waals surface area contributed by atoms with E-state index < -0.39 is 23.7 Å². The van der Waals surface area contributed by atoms with Gasteiger partial charge in [-0.25, -0.2) is 5.54 Å². The number of ether oxygens (including phenoxy) is 2. The highest BCUT2D eigenvalue weighted by molar-refractivity contribution is 8.14. The van der Waals surface area contributed by atoms with E-state index in [9.17, 15) is 14.7 Å². The summed E-state index contributed by atoms with van der Waals surface area (Å²) in [6, 6.07) is 7.82. The predicted molar refractivity (Wildman–Crippen MR) is 96.4 cm³/mol. The van der Waals surface area contributed by atoms with Crippen LogP contribution in [0.15, 0.2) is 29.3 Å². The summed E-state index contributed by atoms with van der Waals surface area (Å²) in [5.74, 6) is 0.813. The molecule has 0 aromatic heterocycles. The number of nitrogens with one attached hydrogen (secondary N) is 1. The van der Waals surface area contributed by atoms with Crippen molar-refractivity contribution in [2.75, 3.05) is 14.2 Å². The van der Waals surface area contributed by atoms with Gasteiger partial charge in [0, 0.05) is 13.5 Å². The van der Waals surface area contributed by atoms with Gasteiger partial charge in [-0.1, -0.05) is 23.9 Å². The van der Waals surface area contributed by atoms with Crippen LogP contribution in [0.4, 0.5) is 4.48 Å². The van der Waals surface area contributed by atoms with Gasteiger partial charge < -0.3 is 19.7 Å². The van der Waals surface area contributed by atoms with E-state index in [0.29, 0.717) is 6.42 Å². The minimum atomic E-state index is -0.937. The first-order valence-corrected chi connectivity index (χ1v) is 9.10. The van der Waals surface area contributed by atoms with Crippen molar-refractivity contribution in [2.24, 2.45) is 4.99 Å². The van der Waals surface area contributed by atoms with E-state index in [4.69, 9.17) is 9.47 Å². The molecule has 140 valence electrons. The zero-order valence-corrected chi connectivity index (χ0v) is 15.2. The summed E-state index contributed by atoms with van der Waals surface area (Å²) in [4.78, 5) is 3.74. The zero-order valence-electron chi connectivity index (χ0n) is 14.4. The molecule has 2 unspecified atom stereocenters. The average molecular weight is 372 g/mol. The van der Waals surface area contributed by atoms with E-state index in [1.807, 2.05) is 24.3 Å². The second kappa shape index (κ2) is 9.96. The lowest BCUT2D eigenvalue weighted by atomic mass is 9.97. The second-order valence-electron chi connectivity index (χ2n) is 5.88. The van der Waals surface area contributed by atoms with E-state index in [0.717, 1.165) is 30.4 Å². The Kier molecular flexibility index (Phi) is 7.95. The Hall–Kier alpha value is -1.35. The van der Waals surface area contributed by atoms with E-state index in [1.165, 1.54) is 18.2 Å². The summed E-state index contributed by atoms with van der Waals surface area (Å²) >= 11 is 1.07. The number of amidine groups is 1. The molecule has 1 heterocycles. The van der Waals surface area contributed by atoms with Gasteiger partial charge in [-0.15, -0.1) is 4.48 Å². The highest BCUT2D eigenvalue weighted by Gasteiger charge is 2.37. The molecule has 0 radical (unpaired) electrons. The maximum Gasteiger partial charge on any atom is 0.187 e. The Morgan fingerprint density at radius 3 is 2.72 bits per heavy atom. The number of hydrogen-bond acceptors (Lipinski definition) is 6. The van der Waals surface area contributed by atoms with Gasteiger partial charge in [0.15, 0.2) is 5.17 Å². The molecule has 2 rings (SSSR count). The van der Waals surface area contributed by atoms with Crippen LogP contribution in [0.1, 0.15) is 24.8 Å². The summed E-state index contributed by atoms with van der Waals surface area (Å²) in [5.41, 5.74) is 2.21.